The van der Waals surface area contributed by atoms with Crippen LogP contribution in [0.25, 0.3) is 0 Å². The second kappa shape index (κ2) is 7.09. The van der Waals surface area contributed by atoms with E-state index in [1.54, 1.807) is 19.4 Å². The summed E-state index contributed by atoms with van der Waals surface area (Å²) >= 11 is 0. The number of morpholine rings is 1. The summed E-state index contributed by atoms with van der Waals surface area (Å²) in [7, 11) is 1.59. The highest BCUT2D eigenvalue weighted by Gasteiger charge is 2.10. The van der Waals surface area contributed by atoms with Crippen molar-refractivity contribution in [2.45, 2.75) is 6.54 Å². The maximum absolute atomic E-state index is 5.38. The molecule has 116 valence electrons. The van der Waals surface area contributed by atoms with E-state index in [1.165, 1.54) is 11.3 Å². The Morgan fingerprint density at radius 1 is 1.18 bits per heavy atom. The zero-order valence-electron chi connectivity index (χ0n) is 12.7. The minimum Gasteiger partial charge on any atom is -0.481 e. The zero-order chi connectivity index (χ0) is 15.2. The molecule has 6 heteroatoms. The highest BCUT2D eigenvalue weighted by molar-refractivity contribution is 5.48. The Morgan fingerprint density at radius 2 is 1.95 bits per heavy atom. The molecule has 6 nitrogen and oxygen atoms in total. The van der Waals surface area contributed by atoms with Crippen molar-refractivity contribution in [1.29, 1.82) is 0 Å². The van der Waals surface area contributed by atoms with Gasteiger partial charge in [-0.15, -0.1) is 0 Å². The van der Waals surface area contributed by atoms with E-state index in [-0.39, 0.29) is 0 Å². The topological polar surface area (TPSA) is 59.5 Å². The van der Waals surface area contributed by atoms with Crippen molar-refractivity contribution in [3.63, 3.8) is 0 Å². The molecule has 0 bridgehead atoms. The third-order valence-electron chi connectivity index (χ3n) is 3.60. The fourth-order valence-corrected chi connectivity index (χ4v) is 2.37. The Labute approximate surface area is 130 Å². The van der Waals surface area contributed by atoms with Crippen molar-refractivity contribution in [2.24, 2.45) is 0 Å². The van der Waals surface area contributed by atoms with E-state index in [1.807, 2.05) is 0 Å². The molecule has 0 radical (unpaired) electrons. The average molecular weight is 300 g/mol. The van der Waals surface area contributed by atoms with Gasteiger partial charge in [0, 0.05) is 37.6 Å². The normalized spacial score (nSPS) is 14.7. The SMILES string of the molecule is COc1ccnc(NCc2ccc(N3CCOCC3)cc2)n1. The molecule has 1 aromatic heterocycles. The molecular weight excluding hydrogens is 280 g/mol. The molecule has 1 saturated heterocycles. The molecular formula is C16H20N4O2. The van der Waals surface area contributed by atoms with Gasteiger partial charge in [-0.2, -0.15) is 4.98 Å². The standard InChI is InChI=1S/C16H20N4O2/c1-21-15-6-7-17-16(19-15)18-12-13-2-4-14(5-3-13)20-8-10-22-11-9-20/h2-7H,8-12H2,1H3,(H,17,18,19). The van der Waals surface area contributed by atoms with E-state index in [4.69, 9.17) is 9.47 Å². The number of hydrogen-bond acceptors (Lipinski definition) is 6. The van der Waals surface area contributed by atoms with Gasteiger partial charge in [-0.25, -0.2) is 4.98 Å². The summed E-state index contributed by atoms with van der Waals surface area (Å²) in [5.41, 5.74) is 2.42. The second-order valence-corrected chi connectivity index (χ2v) is 5.04. The number of nitrogens with zero attached hydrogens (tertiary/aromatic N) is 3. The molecule has 1 aliphatic rings. The van der Waals surface area contributed by atoms with Gasteiger partial charge in [-0.1, -0.05) is 12.1 Å². The van der Waals surface area contributed by atoms with Crippen LogP contribution >= 0.6 is 0 Å². The van der Waals surface area contributed by atoms with E-state index in [0.29, 0.717) is 18.4 Å². The van der Waals surface area contributed by atoms with E-state index in [2.05, 4.69) is 44.5 Å². The Kier molecular flexibility index (Phi) is 4.70. The molecule has 0 saturated carbocycles. The van der Waals surface area contributed by atoms with E-state index >= 15 is 0 Å². The molecule has 2 aromatic rings. The van der Waals surface area contributed by atoms with E-state index < -0.39 is 0 Å². The van der Waals surface area contributed by atoms with Crippen LogP contribution in [0.5, 0.6) is 5.88 Å². The minimum atomic E-state index is 0.556. The first-order valence-electron chi connectivity index (χ1n) is 7.38. The highest BCUT2D eigenvalue weighted by atomic mass is 16.5. The minimum absolute atomic E-state index is 0.556. The van der Waals surface area contributed by atoms with Gasteiger partial charge in [0.05, 0.1) is 20.3 Å². The van der Waals surface area contributed by atoms with Crippen LogP contribution in [0.1, 0.15) is 5.56 Å². The molecule has 0 aliphatic carbocycles. The smallest absolute Gasteiger partial charge is 0.226 e. The maximum atomic E-state index is 5.38. The molecule has 0 unspecified atom stereocenters. The summed E-state index contributed by atoms with van der Waals surface area (Å²) in [5.74, 6) is 1.12. The number of methoxy groups -OCH3 is 1. The van der Waals surface area contributed by atoms with Crippen LogP contribution in [-0.2, 0) is 11.3 Å². The predicted octanol–water partition coefficient (Wildman–Crippen LogP) is 1.93. The predicted molar refractivity (Wildman–Crippen MR) is 85.4 cm³/mol. The fourth-order valence-electron chi connectivity index (χ4n) is 2.37. The summed E-state index contributed by atoms with van der Waals surface area (Å²) in [6.07, 6.45) is 1.68. The van der Waals surface area contributed by atoms with Crippen molar-refractivity contribution in [1.82, 2.24) is 9.97 Å². The molecule has 22 heavy (non-hydrogen) atoms. The molecule has 0 amide bonds. The number of hydrogen-bond donors (Lipinski definition) is 1. The quantitative estimate of drug-likeness (QED) is 0.910. The third-order valence-corrected chi connectivity index (χ3v) is 3.60. The van der Waals surface area contributed by atoms with Gasteiger partial charge in [-0.05, 0) is 17.7 Å². The Bertz CT molecular complexity index is 597. The summed E-state index contributed by atoms with van der Waals surface area (Å²) in [5, 5.41) is 3.20. The first-order chi connectivity index (χ1) is 10.8. The number of anilines is 2. The number of nitrogens with one attached hydrogen (secondary N) is 1. The summed E-state index contributed by atoms with van der Waals surface area (Å²) in [4.78, 5) is 10.7. The third kappa shape index (κ3) is 3.65. The van der Waals surface area contributed by atoms with Crippen LogP contribution in [0.2, 0.25) is 0 Å². The van der Waals surface area contributed by atoms with E-state index in [0.717, 1.165) is 26.3 Å². The lowest BCUT2D eigenvalue weighted by molar-refractivity contribution is 0.122. The molecule has 1 N–H and O–H groups in total. The van der Waals surface area contributed by atoms with Crippen molar-refractivity contribution in [3.8, 4) is 5.88 Å². The van der Waals surface area contributed by atoms with Gasteiger partial charge in [0.25, 0.3) is 0 Å². The van der Waals surface area contributed by atoms with Crippen LogP contribution < -0.4 is 15.0 Å². The van der Waals surface area contributed by atoms with Crippen molar-refractivity contribution in [3.05, 3.63) is 42.1 Å². The number of ether oxygens (including phenoxy) is 2. The highest BCUT2D eigenvalue weighted by Crippen LogP contribution is 2.17. The Hall–Kier alpha value is -2.34. The second-order valence-electron chi connectivity index (χ2n) is 5.04. The van der Waals surface area contributed by atoms with Crippen LogP contribution in [0.4, 0.5) is 11.6 Å². The molecule has 1 aliphatic heterocycles. The largest absolute Gasteiger partial charge is 0.481 e. The van der Waals surface area contributed by atoms with Gasteiger partial charge in [0.15, 0.2) is 0 Å². The molecule has 3 rings (SSSR count). The van der Waals surface area contributed by atoms with Crippen LogP contribution in [-0.4, -0.2) is 43.4 Å². The molecule has 1 aromatic carbocycles. The first kappa shape index (κ1) is 14.6. The lowest BCUT2D eigenvalue weighted by Gasteiger charge is -2.28. The van der Waals surface area contributed by atoms with Crippen molar-refractivity contribution < 1.29 is 9.47 Å². The number of rotatable bonds is 5. The van der Waals surface area contributed by atoms with Gasteiger partial charge in [-0.3, -0.25) is 0 Å². The summed E-state index contributed by atoms with van der Waals surface area (Å²) in [6, 6.07) is 10.3. The summed E-state index contributed by atoms with van der Waals surface area (Å²) in [6.45, 7) is 4.19. The van der Waals surface area contributed by atoms with Crippen molar-refractivity contribution >= 4 is 11.6 Å². The lowest BCUT2D eigenvalue weighted by Crippen LogP contribution is -2.36. The van der Waals surface area contributed by atoms with Crippen molar-refractivity contribution in [2.75, 3.05) is 43.6 Å². The van der Waals surface area contributed by atoms with Crippen LogP contribution in [0.15, 0.2) is 36.5 Å². The lowest BCUT2D eigenvalue weighted by atomic mass is 10.2. The monoisotopic (exact) mass is 300 g/mol. The summed E-state index contributed by atoms with van der Waals surface area (Å²) < 4.78 is 10.5. The number of benzene rings is 1. The first-order valence-corrected chi connectivity index (χ1v) is 7.38. The Morgan fingerprint density at radius 3 is 2.68 bits per heavy atom. The number of aromatic nitrogens is 2. The Balaban J connectivity index is 1.58. The zero-order valence-corrected chi connectivity index (χ0v) is 12.7. The molecule has 0 spiro atoms. The van der Waals surface area contributed by atoms with Gasteiger partial charge < -0.3 is 19.7 Å². The van der Waals surface area contributed by atoms with E-state index in [9.17, 15) is 0 Å². The van der Waals surface area contributed by atoms with Crippen LogP contribution in [0, 0.1) is 0 Å². The maximum Gasteiger partial charge on any atom is 0.226 e. The van der Waals surface area contributed by atoms with Crippen LogP contribution in [0.3, 0.4) is 0 Å². The van der Waals surface area contributed by atoms with Gasteiger partial charge >= 0.3 is 0 Å². The molecule has 0 atom stereocenters. The fraction of sp³-hybridized carbons (Fsp3) is 0.375. The van der Waals surface area contributed by atoms with Gasteiger partial charge in [0.2, 0.25) is 11.8 Å². The average Bonchev–Trinajstić information content (AvgIpc) is 2.61. The molecule has 1 fully saturated rings. The molecule has 2 heterocycles. The van der Waals surface area contributed by atoms with Gasteiger partial charge in [0.1, 0.15) is 0 Å².